The standard InChI is InChI=1S/C52H44N4O4/c1-57-37-13-5-33(6-14-37)29-41-45-21-23-47(53-45)42(30-34-7-15-38(58-2)16-8-34)49-25-27-51(55-49)44(32-36-11-19-40(60-4)20-12-36)52-28-26-50(56-52)43(48-24-22-46(41)54-48)31-35-9-17-39(59-3)18-10-35/h5-28H,29-32H2,1-4H3. The number of allylic oxidation sites excluding steroid dienone is 12. The maximum atomic E-state index is 5.49. The Morgan fingerprint density at radius 2 is 0.483 bits per heavy atom. The van der Waals surface area contributed by atoms with Crippen LogP contribution in [0.1, 0.15) is 22.3 Å². The molecule has 0 aromatic heterocycles. The Balaban J connectivity index is 1.24. The summed E-state index contributed by atoms with van der Waals surface area (Å²) in [5, 5.41) is 0. The molecule has 0 N–H and O–H groups in total. The van der Waals surface area contributed by atoms with Gasteiger partial charge >= 0.3 is 0 Å². The van der Waals surface area contributed by atoms with E-state index >= 15 is 0 Å². The summed E-state index contributed by atoms with van der Waals surface area (Å²) in [7, 11) is 6.74. The summed E-state index contributed by atoms with van der Waals surface area (Å²) in [5.41, 5.74) is 15.6. The second kappa shape index (κ2) is 16.9. The van der Waals surface area contributed by atoms with Crippen LogP contribution in [0.3, 0.4) is 0 Å². The van der Waals surface area contributed by atoms with Gasteiger partial charge in [-0.1, -0.05) is 48.5 Å². The number of benzene rings is 4. The van der Waals surface area contributed by atoms with Gasteiger partial charge in [-0.05, 0) is 119 Å². The van der Waals surface area contributed by atoms with Crippen molar-refractivity contribution >= 4 is 22.8 Å². The molecule has 0 radical (unpaired) electrons. The highest BCUT2D eigenvalue weighted by molar-refractivity contribution is 6.19. The summed E-state index contributed by atoms with van der Waals surface area (Å²) in [6.07, 6.45) is 19.4. The summed E-state index contributed by atoms with van der Waals surface area (Å²) in [6, 6.07) is 32.8. The zero-order valence-electron chi connectivity index (χ0n) is 34.1. The molecule has 296 valence electrons. The van der Waals surface area contributed by atoms with Crippen molar-refractivity contribution in [2.45, 2.75) is 25.7 Å². The lowest BCUT2D eigenvalue weighted by Crippen LogP contribution is -2.08. The van der Waals surface area contributed by atoms with Gasteiger partial charge in [-0.25, -0.2) is 20.0 Å². The van der Waals surface area contributed by atoms with Gasteiger partial charge in [0.15, 0.2) is 0 Å². The van der Waals surface area contributed by atoms with Crippen LogP contribution in [0.25, 0.3) is 0 Å². The van der Waals surface area contributed by atoms with Crippen molar-refractivity contribution < 1.29 is 18.9 Å². The van der Waals surface area contributed by atoms with Crippen LogP contribution in [-0.2, 0) is 25.7 Å². The molecule has 0 atom stereocenters. The van der Waals surface area contributed by atoms with Crippen LogP contribution in [0.15, 0.2) is 211 Å². The second-order valence-corrected chi connectivity index (χ2v) is 14.9. The van der Waals surface area contributed by atoms with E-state index in [1.165, 1.54) is 0 Å². The Labute approximate surface area is 350 Å². The van der Waals surface area contributed by atoms with Crippen molar-refractivity contribution in [1.82, 2.24) is 0 Å². The zero-order valence-corrected chi connectivity index (χ0v) is 34.1. The average Bonchev–Trinajstić information content (AvgIpc) is 4.15. The first-order valence-electron chi connectivity index (χ1n) is 20.0. The summed E-state index contributed by atoms with van der Waals surface area (Å²) >= 11 is 0. The van der Waals surface area contributed by atoms with E-state index < -0.39 is 0 Å². The summed E-state index contributed by atoms with van der Waals surface area (Å²) in [5.74, 6) is 3.25. The molecule has 0 saturated heterocycles. The molecule has 0 amide bonds. The minimum atomic E-state index is 0.625. The van der Waals surface area contributed by atoms with Crippen molar-refractivity contribution in [2.24, 2.45) is 20.0 Å². The summed E-state index contributed by atoms with van der Waals surface area (Å²) in [4.78, 5) is 21.6. The maximum Gasteiger partial charge on any atom is 0.118 e. The van der Waals surface area contributed by atoms with E-state index in [1.807, 2.05) is 48.5 Å². The van der Waals surface area contributed by atoms with Gasteiger partial charge in [0, 0.05) is 48.0 Å². The molecule has 0 aliphatic carbocycles. The fourth-order valence-electron chi connectivity index (χ4n) is 7.83. The van der Waals surface area contributed by atoms with Crippen LogP contribution < -0.4 is 18.9 Å². The van der Waals surface area contributed by atoms with E-state index in [0.717, 1.165) is 113 Å². The van der Waals surface area contributed by atoms with Gasteiger partial charge in [0.1, 0.15) is 23.0 Å². The van der Waals surface area contributed by atoms with E-state index in [4.69, 9.17) is 38.9 Å². The Morgan fingerprint density at radius 3 is 0.667 bits per heavy atom. The molecule has 9 rings (SSSR count). The van der Waals surface area contributed by atoms with Gasteiger partial charge in [-0.15, -0.1) is 0 Å². The molecule has 8 bridgehead atoms. The number of hydrogen-bond acceptors (Lipinski definition) is 8. The van der Waals surface area contributed by atoms with E-state index in [0.29, 0.717) is 25.7 Å². The van der Waals surface area contributed by atoms with Gasteiger partial charge in [0.25, 0.3) is 0 Å². The second-order valence-electron chi connectivity index (χ2n) is 14.9. The molecule has 0 spiro atoms. The molecule has 0 unspecified atom stereocenters. The fourth-order valence-corrected chi connectivity index (χ4v) is 7.83. The third kappa shape index (κ3) is 8.05. The van der Waals surface area contributed by atoms with Crippen molar-refractivity contribution in [1.29, 1.82) is 0 Å². The first-order chi connectivity index (χ1) is 29.5. The Kier molecular flexibility index (Phi) is 10.7. The summed E-state index contributed by atoms with van der Waals surface area (Å²) < 4.78 is 21.9. The molecule has 5 aliphatic heterocycles. The third-order valence-electron chi connectivity index (χ3n) is 11.2. The van der Waals surface area contributed by atoms with Gasteiger partial charge in [-0.3, -0.25) is 0 Å². The van der Waals surface area contributed by atoms with Crippen molar-refractivity contribution in [2.75, 3.05) is 28.4 Å². The molecule has 5 heterocycles. The smallest absolute Gasteiger partial charge is 0.118 e. The zero-order chi connectivity index (χ0) is 41.0. The Bertz CT molecular complexity index is 2350. The topological polar surface area (TPSA) is 86.4 Å². The van der Waals surface area contributed by atoms with E-state index in [1.54, 1.807) is 28.4 Å². The maximum absolute atomic E-state index is 5.49. The normalized spacial score (nSPS) is 16.5. The highest BCUT2D eigenvalue weighted by atomic mass is 16.5. The number of ether oxygens (including phenoxy) is 4. The van der Waals surface area contributed by atoms with E-state index in [9.17, 15) is 0 Å². The van der Waals surface area contributed by atoms with Crippen LogP contribution in [0.2, 0.25) is 0 Å². The molecule has 4 aromatic rings. The Morgan fingerprint density at radius 1 is 0.283 bits per heavy atom. The minimum absolute atomic E-state index is 0.625. The molecule has 0 fully saturated rings. The first-order valence-corrected chi connectivity index (χ1v) is 20.0. The molecular formula is C52H44N4O4. The molecule has 4 aromatic carbocycles. The molecular weight excluding hydrogens is 745 g/mol. The predicted octanol–water partition coefficient (Wildman–Crippen LogP) is 10.1. The largest absolute Gasteiger partial charge is 0.497 e. The van der Waals surface area contributed by atoms with E-state index in [-0.39, 0.29) is 0 Å². The van der Waals surface area contributed by atoms with Gasteiger partial charge in [0.05, 0.1) is 74.1 Å². The van der Waals surface area contributed by atoms with Crippen molar-refractivity contribution in [3.8, 4) is 23.0 Å². The fraction of sp³-hybridized carbons (Fsp3) is 0.154. The number of hydrogen-bond donors (Lipinski definition) is 0. The number of nitrogens with zero attached hydrogens (tertiary/aromatic N) is 4. The molecule has 0 saturated carbocycles. The highest BCUT2D eigenvalue weighted by Crippen LogP contribution is 2.34. The van der Waals surface area contributed by atoms with Gasteiger partial charge in [0.2, 0.25) is 0 Å². The van der Waals surface area contributed by atoms with Gasteiger partial charge in [-0.2, -0.15) is 0 Å². The number of fused-ring (bicyclic) bond motifs is 4. The van der Waals surface area contributed by atoms with Crippen molar-refractivity contribution in [3.63, 3.8) is 0 Å². The Hall–Kier alpha value is -7.32. The highest BCUT2D eigenvalue weighted by Gasteiger charge is 2.26. The first kappa shape index (κ1) is 38.2. The lowest BCUT2D eigenvalue weighted by molar-refractivity contribution is 0.414. The lowest BCUT2D eigenvalue weighted by atomic mass is 9.98. The molecule has 8 heteroatoms. The SMILES string of the molecule is COc1ccc(CC2=C3C=CC(=N3)C(Cc3ccc(OC)cc3)=C3C=CC(=N3)C(Cc3ccc(OC)cc3)=C3C=CC(=N3)C(Cc3ccc(OC)cc3)=C3C=CC2=N3)cc1. The minimum Gasteiger partial charge on any atom is -0.497 e. The summed E-state index contributed by atoms with van der Waals surface area (Å²) in [6.45, 7) is 0. The molecule has 60 heavy (non-hydrogen) atoms. The lowest BCUT2D eigenvalue weighted by Gasteiger charge is -2.13. The van der Waals surface area contributed by atoms with Crippen molar-refractivity contribution in [3.05, 3.63) is 213 Å². The van der Waals surface area contributed by atoms with Crippen LogP contribution in [0.5, 0.6) is 23.0 Å². The van der Waals surface area contributed by atoms with Gasteiger partial charge < -0.3 is 18.9 Å². The quantitative estimate of drug-likeness (QED) is 0.143. The predicted molar refractivity (Wildman–Crippen MR) is 241 cm³/mol. The molecule has 8 nitrogen and oxygen atoms in total. The number of aliphatic imine (C=N–C) groups is 4. The number of methoxy groups -OCH3 is 4. The average molecular weight is 789 g/mol. The monoisotopic (exact) mass is 788 g/mol. The third-order valence-corrected chi connectivity index (χ3v) is 11.2. The van der Waals surface area contributed by atoms with Crippen LogP contribution in [0.4, 0.5) is 0 Å². The molecule has 5 aliphatic rings. The number of rotatable bonds is 12. The van der Waals surface area contributed by atoms with E-state index in [2.05, 4.69) is 97.1 Å². The van der Waals surface area contributed by atoms with Crippen LogP contribution >= 0.6 is 0 Å². The van der Waals surface area contributed by atoms with Crippen LogP contribution in [-0.4, -0.2) is 51.3 Å². The van der Waals surface area contributed by atoms with Crippen LogP contribution in [0, 0.1) is 0 Å².